The minimum absolute atomic E-state index is 0.197. The lowest BCUT2D eigenvalue weighted by Gasteiger charge is -2.30. The van der Waals surface area contributed by atoms with E-state index < -0.39 is 10.0 Å². The minimum Gasteiger partial charge on any atom is -0.244 e. The van der Waals surface area contributed by atoms with E-state index in [1.54, 1.807) is 4.31 Å². The van der Waals surface area contributed by atoms with Gasteiger partial charge in [-0.3, -0.25) is 0 Å². The van der Waals surface area contributed by atoms with Crippen LogP contribution in [-0.4, -0.2) is 29.8 Å². The maximum absolute atomic E-state index is 12.4. The summed E-state index contributed by atoms with van der Waals surface area (Å²) in [4.78, 5) is 4.01. The highest BCUT2D eigenvalue weighted by atomic mass is 35.5. The Kier molecular flexibility index (Phi) is 3.18. The first-order chi connectivity index (χ1) is 7.84. The lowest BCUT2D eigenvalue weighted by molar-refractivity contribution is 0.291. The highest BCUT2D eigenvalue weighted by Crippen LogP contribution is 2.34. The predicted octanol–water partition coefficient (Wildman–Crippen LogP) is 2.30. The van der Waals surface area contributed by atoms with Gasteiger partial charge in [0.25, 0.3) is 0 Å². The Bertz CT molecular complexity index is 528. The minimum atomic E-state index is -3.46. The van der Waals surface area contributed by atoms with E-state index in [2.05, 4.69) is 4.98 Å². The van der Waals surface area contributed by atoms with E-state index in [-0.39, 0.29) is 15.6 Å². The summed E-state index contributed by atoms with van der Waals surface area (Å²) in [5.74, 6) is 0. The Hall–Kier alpha value is -0.650. The Morgan fingerprint density at radius 2 is 2.18 bits per heavy atom. The van der Waals surface area contributed by atoms with Crippen molar-refractivity contribution < 1.29 is 8.42 Å². The zero-order valence-corrected chi connectivity index (χ0v) is 11.4. The summed E-state index contributed by atoms with van der Waals surface area (Å²) >= 11 is 5.73. The van der Waals surface area contributed by atoms with Crippen molar-refractivity contribution in [3.63, 3.8) is 0 Å². The Labute approximate surface area is 107 Å². The predicted molar refractivity (Wildman–Crippen MR) is 66.5 cm³/mol. The zero-order chi connectivity index (χ0) is 12.7. The first-order valence-electron chi connectivity index (χ1n) is 5.48. The molecule has 0 radical (unpaired) electrons. The molecule has 0 aromatic carbocycles. The van der Waals surface area contributed by atoms with Crippen molar-refractivity contribution in [1.29, 1.82) is 0 Å². The van der Waals surface area contributed by atoms with E-state index in [0.717, 1.165) is 12.8 Å². The van der Waals surface area contributed by atoms with E-state index in [0.29, 0.717) is 6.54 Å². The van der Waals surface area contributed by atoms with Crippen LogP contribution in [0.3, 0.4) is 0 Å². The molecule has 94 valence electrons. The fraction of sp³-hybridized carbons (Fsp3) is 0.545. The van der Waals surface area contributed by atoms with Gasteiger partial charge in [0.1, 0.15) is 5.15 Å². The number of hydrogen-bond donors (Lipinski definition) is 0. The highest BCUT2D eigenvalue weighted by Gasteiger charge is 2.40. The largest absolute Gasteiger partial charge is 0.244 e. The molecule has 0 N–H and O–H groups in total. The summed E-state index contributed by atoms with van der Waals surface area (Å²) in [6.45, 7) is 4.45. The number of pyridine rings is 1. The van der Waals surface area contributed by atoms with Crippen molar-refractivity contribution in [3.05, 3.63) is 23.5 Å². The molecule has 0 spiro atoms. The van der Waals surface area contributed by atoms with Gasteiger partial charge in [0.05, 0.1) is 4.90 Å². The van der Waals surface area contributed by atoms with Gasteiger partial charge in [0, 0.05) is 18.3 Å². The van der Waals surface area contributed by atoms with Crippen LogP contribution in [0, 0.1) is 0 Å². The van der Waals surface area contributed by atoms with Gasteiger partial charge in [-0.1, -0.05) is 11.6 Å². The second-order valence-corrected chi connectivity index (χ2v) is 7.06. The molecule has 0 unspecified atom stereocenters. The number of halogens is 1. The molecule has 17 heavy (non-hydrogen) atoms. The van der Waals surface area contributed by atoms with E-state index in [1.807, 2.05) is 13.8 Å². The molecule has 1 aliphatic rings. The molecule has 6 heteroatoms. The molecule has 0 bridgehead atoms. The summed E-state index contributed by atoms with van der Waals surface area (Å²) < 4.78 is 26.4. The Morgan fingerprint density at radius 3 is 2.71 bits per heavy atom. The van der Waals surface area contributed by atoms with Crippen LogP contribution in [0.15, 0.2) is 23.2 Å². The fourth-order valence-corrected chi connectivity index (χ4v) is 4.30. The number of aromatic nitrogens is 1. The summed E-state index contributed by atoms with van der Waals surface area (Å²) in [5.41, 5.74) is -0.325. The van der Waals surface area contributed by atoms with Gasteiger partial charge in [-0.25, -0.2) is 13.4 Å². The van der Waals surface area contributed by atoms with Gasteiger partial charge in [0.2, 0.25) is 10.0 Å². The van der Waals surface area contributed by atoms with Crippen molar-refractivity contribution in [2.24, 2.45) is 0 Å². The molecular weight excluding hydrogens is 260 g/mol. The van der Waals surface area contributed by atoms with E-state index in [4.69, 9.17) is 11.6 Å². The lowest BCUT2D eigenvalue weighted by atomic mass is 10.0. The third-order valence-corrected chi connectivity index (χ3v) is 5.42. The standard InChI is InChI=1S/C11H15ClN2O2S/c1-11(2)5-3-7-14(11)17(15,16)9-4-6-13-10(12)8-9/h4,6,8H,3,5,7H2,1-2H3. The SMILES string of the molecule is CC1(C)CCCN1S(=O)(=O)c1ccnc(Cl)c1. The molecule has 2 rings (SSSR count). The molecule has 1 aliphatic heterocycles. The van der Waals surface area contributed by atoms with Crippen LogP contribution in [0.4, 0.5) is 0 Å². The number of sulfonamides is 1. The molecule has 0 amide bonds. The van der Waals surface area contributed by atoms with Crippen LogP contribution in [-0.2, 0) is 10.0 Å². The first kappa shape index (κ1) is 12.8. The van der Waals surface area contributed by atoms with Gasteiger partial charge < -0.3 is 0 Å². The average Bonchev–Trinajstić information content (AvgIpc) is 2.58. The van der Waals surface area contributed by atoms with Gasteiger partial charge in [-0.05, 0) is 38.8 Å². The highest BCUT2D eigenvalue weighted by molar-refractivity contribution is 7.89. The quantitative estimate of drug-likeness (QED) is 0.778. The van der Waals surface area contributed by atoms with E-state index in [1.165, 1.54) is 18.3 Å². The number of hydrogen-bond acceptors (Lipinski definition) is 3. The van der Waals surface area contributed by atoms with Crippen LogP contribution in [0.2, 0.25) is 5.15 Å². The Balaban J connectivity index is 2.44. The molecule has 0 saturated carbocycles. The summed E-state index contributed by atoms with van der Waals surface area (Å²) in [5, 5.41) is 0.197. The van der Waals surface area contributed by atoms with Crippen molar-refractivity contribution in [2.45, 2.75) is 37.1 Å². The van der Waals surface area contributed by atoms with E-state index >= 15 is 0 Å². The van der Waals surface area contributed by atoms with Gasteiger partial charge in [-0.15, -0.1) is 0 Å². The van der Waals surface area contributed by atoms with Gasteiger partial charge in [0.15, 0.2) is 0 Å². The molecular formula is C11H15ClN2O2S. The molecule has 1 aromatic heterocycles. The third kappa shape index (κ3) is 2.32. The van der Waals surface area contributed by atoms with Crippen molar-refractivity contribution in [3.8, 4) is 0 Å². The first-order valence-corrected chi connectivity index (χ1v) is 7.30. The normalized spacial score (nSPS) is 20.6. The molecule has 1 aromatic rings. The zero-order valence-electron chi connectivity index (χ0n) is 9.85. The van der Waals surface area contributed by atoms with Crippen LogP contribution >= 0.6 is 11.6 Å². The number of rotatable bonds is 2. The molecule has 0 atom stereocenters. The molecule has 0 aliphatic carbocycles. The summed E-state index contributed by atoms with van der Waals surface area (Å²) in [6, 6.07) is 2.88. The van der Waals surface area contributed by atoms with Crippen molar-refractivity contribution in [2.75, 3.05) is 6.54 Å². The van der Waals surface area contributed by atoms with Crippen LogP contribution in [0.5, 0.6) is 0 Å². The van der Waals surface area contributed by atoms with Crippen LogP contribution < -0.4 is 0 Å². The van der Waals surface area contributed by atoms with Crippen molar-refractivity contribution in [1.82, 2.24) is 9.29 Å². The smallest absolute Gasteiger partial charge is 0.243 e. The topological polar surface area (TPSA) is 50.3 Å². The summed E-state index contributed by atoms with van der Waals surface area (Å²) in [7, 11) is -3.46. The van der Waals surface area contributed by atoms with Crippen LogP contribution in [0.1, 0.15) is 26.7 Å². The van der Waals surface area contributed by atoms with Crippen molar-refractivity contribution >= 4 is 21.6 Å². The van der Waals surface area contributed by atoms with E-state index in [9.17, 15) is 8.42 Å². The molecule has 4 nitrogen and oxygen atoms in total. The summed E-state index contributed by atoms with van der Waals surface area (Å²) in [6.07, 6.45) is 3.19. The second-order valence-electron chi connectivity index (χ2n) is 4.81. The second kappa shape index (κ2) is 4.23. The number of nitrogens with zero attached hydrogens (tertiary/aromatic N) is 2. The molecule has 2 heterocycles. The fourth-order valence-electron chi connectivity index (χ4n) is 2.20. The molecule has 1 saturated heterocycles. The maximum Gasteiger partial charge on any atom is 0.243 e. The van der Waals surface area contributed by atoms with Gasteiger partial charge in [-0.2, -0.15) is 4.31 Å². The Morgan fingerprint density at radius 1 is 1.47 bits per heavy atom. The average molecular weight is 275 g/mol. The maximum atomic E-state index is 12.4. The van der Waals surface area contributed by atoms with Gasteiger partial charge >= 0.3 is 0 Å². The lowest BCUT2D eigenvalue weighted by Crippen LogP contribution is -2.42. The monoisotopic (exact) mass is 274 g/mol. The van der Waals surface area contributed by atoms with Crippen LogP contribution in [0.25, 0.3) is 0 Å². The molecule has 1 fully saturated rings. The third-order valence-electron chi connectivity index (χ3n) is 3.11.